The van der Waals surface area contributed by atoms with Crippen molar-refractivity contribution in [2.75, 3.05) is 30.8 Å². The number of halogens is 1. The third-order valence-electron chi connectivity index (χ3n) is 3.57. The van der Waals surface area contributed by atoms with Gasteiger partial charge >= 0.3 is 0 Å². The molecule has 9 heteroatoms. The Bertz CT molecular complexity index is 650. The molecule has 0 aliphatic carbocycles. The number of aliphatic hydroxyl groups excluding tert-OH is 1. The molecule has 1 aromatic carbocycles. The maximum absolute atomic E-state index is 10.0. The Morgan fingerprint density at radius 2 is 2.24 bits per heavy atom. The van der Waals surface area contributed by atoms with Gasteiger partial charge in [0.15, 0.2) is 4.34 Å². The van der Waals surface area contributed by atoms with Crippen molar-refractivity contribution in [3.8, 4) is 5.75 Å². The van der Waals surface area contributed by atoms with Crippen LogP contribution in [-0.2, 0) is 4.74 Å². The molecular weight excluding hydrogens is 382 g/mol. The number of hydrogen-bond donors (Lipinski definition) is 2. The van der Waals surface area contributed by atoms with Crippen molar-refractivity contribution in [3.05, 3.63) is 29.3 Å². The fourth-order valence-corrected chi connectivity index (χ4v) is 4.10. The number of nitrogens with one attached hydrogen (secondary N) is 1. The number of nitrogens with zero attached hydrogens (tertiary/aromatic N) is 2. The smallest absolute Gasteiger partial charge is 0.206 e. The average molecular weight is 402 g/mol. The zero-order valence-corrected chi connectivity index (χ0v) is 15.9. The van der Waals surface area contributed by atoms with Crippen LogP contribution in [0, 0.1) is 0 Å². The van der Waals surface area contributed by atoms with E-state index in [2.05, 4.69) is 15.5 Å². The minimum absolute atomic E-state index is 0.220. The lowest BCUT2D eigenvalue weighted by molar-refractivity contribution is 0.120. The van der Waals surface area contributed by atoms with Crippen molar-refractivity contribution in [2.45, 2.75) is 29.4 Å². The van der Waals surface area contributed by atoms with Gasteiger partial charge in [-0.2, -0.15) is 0 Å². The molecule has 6 nitrogen and oxygen atoms in total. The summed E-state index contributed by atoms with van der Waals surface area (Å²) in [4.78, 5) is 0. The van der Waals surface area contributed by atoms with Gasteiger partial charge in [0.25, 0.3) is 0 Å². The number of ether oxygens (including phenoxy) is 2. The van der Waals surface area contributed by atoms with Gasteiger partial charge < -0.3 is 19.9 Å². The Kier molecular flexibility index (Phi) is 7.18. The van der Waals surface area contributed by atoms with E-state index in [-0.39, 0.29) is 12.7 Å². The molecule has 1 fully saturated rings. The Hall–Kier alpha value is -1.06. The largest absolute Gasteiger partial charge is 0.491 e. The maximum Gasteiger partial charge on any atom is 0.206 e. The van der Waals surface area contributed by atoms with Crippen LogP contribution in [0.5, 0.6) is 5.75 Å². The van der Waals surface area contributed by atoms with E-state index >= 15 is 0 Å². The van der Waals surface area contributed by atoms with Crippen LogP contribution < -0.4 is 10.1 Å². The van der Waals surface area contributed by atoms with Gasteiger partial charge in [0.2, 0.25) is 5.13 Å². The van der Waals surface area contributed by atoms with Crippen LogP contribution in [0.25, 0.3) is 0 Å². The summed E-state index contributed by atoms with van der Waals surface area (Å²) < 4.78 is 11.9. The molecule has 0 radical (unpaired) electrons. The molecule has 1 aliphatic heterocycles. The fraction of sp³-hybridized carbons (Fsp3) is 0.500. The molecule has 0 unspecified atom stereocenters. The van der Waals surface area contributed by atoms with E-state index in [1.807, 2.05) is 0 Å². The van der Waals surface area contributed by atoms with Crippen molar-refractivity contribution in [1.82, 2.24) is 10.2 Å². The van der Waals surface area contributed by atoms with E-state index in [4.69, 9.17) is 21.1 Å². The fourth-order valence-electron chi connectivity index (χ4n) is 2.28. The van der Waals surface area contributed by atoms with Gasteiger partial charge in [-0.25, -0.2) is 0 Å². The topological polar surface area (TPSA) is 76.5 Å². The quantitative estimate of drug-likeness (QED) is 0.624. The van der Waals surface area contributed by atoms with E-state index in [0.29, 0.717) is 16.5 Å². The number of thioether (sulfide) groups is 1. The van der Waals surface area contributed by atoms with Gasteiger partial charge in [0.1, 0.15) is 12.4 Å². The van der Waals surface area contributed by atoms with Crippen molar-refractivity contribution in [1.29, 1.82) is 0 Å². The molecule has 2 atom stereocenters. The molecule has 25 heavy (non-hydrogen) atoms. The van der Waals surface area contributed by atoms with Crippen LogP contribution in [-0.4, -0.2) is 53.0 Å². The highest BCUT2D eigenvalue weighted by Gasteiger charge is 2.16. The molecular formula is C16H20ClN3O3S2. The van der Waals surface area contributed by atoms with Gasteiger partial charge in [-0.05, 0) is 37.1 Å². The lowest BCUT2D eigenvalue weighted by atomic mass is 10.2. The van der Waals surface area contributed by atoms with Crippen LogP contribution in [0.15, 0.2) is 28.6 Å². The maximum atomic E-state index is 10.0. The first kappa shape index (κ1) is 18.7. The Balaban J connectivity index is 1.35. The highest BCUT2D eigenvalue weighted by atomic mass is 35.5. The highest BCUT2D eigenvalue weighted by molar-refractivity contribution is 8.01. The van der Waals surface area contributed by atoms with Crippen LogP contribution in [0.4, 0.5) is 5.13 Å². The second-order valence-corrected chi connectivity index (χ2v) is 8.30. The van der Waals surface area contributed by atoms with Gasteiger partial charge in [-0.15, -0.1) is 10.2 Å². The molecule has 0 spiro atoms. The monoisotopic (exact) mass is 401 g/mol. The molecule has 0 saturated carbocycles. The van der Waals surface area contributed by atoms with Crippen LogP contribution in [0.2, 0.25) is 5.02 Å². The summed E-state index contributed by atoms with van der Waals surface area (Å²) in [5.41, 5.74) is 0. The third-order valence-corrected chi connectivity index (χ3v) is 5.98. The number of aliphatic hydroxyl groups is 1. The van der Waals surface area contributed by atoms with Gasteiger partial charge in [0.05, 0.1) is 12.2 Å². The molecule has 2 aromatic rings. The van der Waals surface area contributed by atoms with E-state index in [1.54, 1.807) is 24.3 Å². The lowest BCUT2D eigenvalue weighted by Gasteiger charge is -2.11. The Morgan fingerprint density at radius 1 is 1.40 bits per heavy atom. The minimum atomic E-state index is -0.590. The van der Waals surface area contributed by atoms with Gasteiger partial charge in [-0.3, -0.25) is 0 Å². The normalized spacial score (nSPS) is 18.2. The summed E-state index contributed by atoms with van der Waals surface area (Å²) >= 11 is 8.77. The van der Waals surface area contributed by atoms with Crippen LogP contribution in [0.3, 0.4) is 0 Å². The number of anilines is 1. The summed E-state index contributed by atoms with van der Waals surface area (Å²) in [5.74, 6) is 1.18. The van der Waals surface area contributed by atoms with E-state index in [9.17, 15) is 5.11 Å². The number of rotatable bonds is 9. The molecule has 136 valence electrons. The van der Waals surface area contributed by atoms with Gasteiger partial charge in [-0.1, -0.05) is 34.7 Å². The first-order valence-electron chi connectivity index (χ1n) is 8.07. The second kappa shape index (κ2) is 9.59. The van der Waals surface area contributed by atoms with Crippen molar-refractivity contribution in [3.63, 3.8) is 0 Å². The zero-order valence-electron chi connectivity index (χ0n) is 13.6. The predicted molar refractivity (Wildman–Crippen MR) is 101 cm³/mol. The van der Waals surface area contributed by atoms with E-state index in [0.717, 1.165) is 35.5 Å². The van der Waals surface area contributed by atoms with Crippen LogP contribution >= 0.6 is 34.7 Å². The molecule has 1 aliphatic rings. The Labute approximate surface area is 159 Å². The zero-order chi connectivity index (χ0) is 17.5. The lowest BCUT2D eigenvalue weighted by Crippen LogP contribution is -2.19. The van der Waals surface area contributed by atoms with Crippen molar-refractivity contribution >= 4 is 39.8 Å². The highest BCUT2D eigenvalue weighted by Crippen LogP contribution is 2.26. The summed E-state index contributed by atoms with van der Waals surface area (Å²) in [7, 11) is 0. The van der Waals surface area contributed by atoms with Gasteiger partial charge in [0, 0.05) is 23.9 Å². The number of hydrogen-bond acceptors (Lipinski definition) is 8. The molecule has 1 saturated heterocycles. The second-order valence-electron chi connectivity index (χ2n) is 5.62. The standard InChI is InChI=1S/C16H20ClN3O3S2/c17-11-3-5-13(6-4-11)23-9-12(21)10-24-16-20-19-15(25-16)18-8-14-2-1-7-22-14/h3-6,12,14,21H,1-2,7-10H2,(H,18,19)/t12-,14-/m1/s1. The van der Waals surface area contributed by atoms with Crippen molar-refractivity contribution < 1.29 is 14.6 Å². The van der Waals surface area contributed by atoms with E-state index < -0.39 is 6.10 Å². The molecule has 3 rings (SSSR count). The van der Waals surface area contributed by atoms with E-state index in [1.165, 1.54) is 23.1 Å². The first-order chi connectivity index (χ1) is 12.2. The minimum Gasteiger partial charge on any atom is -0.491 e. The Morgan fingerprint density at radius 3 is 3.00 bits per heavy atom. The van der Waals surface area contributed by atoms with Crippen LogP contribution in [0.1, 0.15) is 12.8 Å². The third kappa shape index (κ3) is 6.31. The van der Waals surface area contributed by atoms with Crippen molar-refractivity contribution in [2.24, 2.45) is 0 Å². The molecule has 2 heterocycles. The predicted octanol–water partition coefficient (Wildman–Crippen LogP) is 3.31. The molecule has 1 aromatic heterocycles. The average Bonchev–Trinajstić information content (AvgIpc) is 3.29. The molecule has 0 amide bonds. The first-order valence-corrected chi connectivity index (χ1v) is 10.3. The summed E-state index contributed by atoms with van der Waals surface area (Å²) in [6.07, 6.45) is 1.90. The number of aromatic nitrogens is 2. The summed E-state index contributed by atoms with van der Waals surface area (Å²) in [6, 6.07) is 7.06. The number of benzene rings is 1. The summed E-state index contributed by atoms with van der Waals surface area (Å²) in [6.45, 7) is 1.83. The SMILES string of the molecule is O[C@H](COc1ccc(Cl)cc1)CSc1nnc(NC[C@H]2CCCO2)s1. The molecule has 2 N–H and O–H groups in total. The molecule has 0 bridgehead atoms. The summed E-state index contributed by atoms with van der Waals surface area (Å²) in [5, 5.41) is 23.0.